The monoisotopic (exact) mass is 265 g/mol. The second kappa shape index (κ2) is 4.19. The number of thioether (sulfide) groups is 1. The first-order chi connectivity index (χ1) is 8.25. The van der Waals surface area contributed by atoms with Crippen molar-refractivity contribution >= 4 is 34.8 Å². The molecule has 3 rings (SSSR count). The third-order valence-electron chi connectivity index (χ3n) is 2.70. The molecule has 0 saturated heterocycles. The lowest BCUT2D eigenvalue weighted by atomic mass is 10.1. The highest BCUT2D eigenvalue weighted by molar-refractivity contribution is 8.00. The van der Waals surface area contributed by atoms with Gasteiger partial charge < -0.3 is 5.32 Å². The van der Waals surface area contributed by atoms with Crippen LogP contribution < -0.4 is 5.32 Å². The minimum atomic E-state index is 0.0156. The number of carbonyl (C=O) groups excluding carboxylic acids is 1. The van der Waals surface area contributed by atoms with Gasteiger partial charge in [0.2, 0.25) is 5.91 Å². The van der Waals surface area contributed by atoms with Gasteiger partial charge >= 0.3 is 0 Å². The normalized spacial score (nSPS) is 19.6. The topological polar surface area (TPSA) is 57.8 Å². The predicted molar refractivity (Wildman–Crippen MR) is 70.6 cm³/mol. The number of aromatic amines is 1. The Kier molecular flexibility index (Phi) is 2.68. The fraction of sp³-hybridized carbons (Fsp3) is 0.273. The van der Waals surface area contributed by atoms with Crippen molar-refractivity contribution in [3.05, 3.63) is 33.6 Å². The van der Waals surface area contributed by atoms with Crippen molar-refractivity contribution in [2.75, 3.05) is 11.1 Å². The number of amides is 1. The molecule has 0 fully saturated rings. The summed E-state index contributed by atoms with van der Waals surface area (Å²) >= 11 is 3.36. The van der Waals surface area contributed by atoms with Gasteiger partial charge in [-0.25, -0.2) is 0 Å². The number of hydrogen-bond donors (Lipinski definition) is 2. The standard InChI is InChI=1S/C11H11N3OS2/c1-6-9-10(7-3-2-4-16-7)17-5-8(15)12-11(9)14-13-6/h2-4,10H,5H2,1H3,(H2,12,13,14,15)/t10-/m1/s1. The zero-order valence-electron chi connectivity index (χ0n) is 9.19. The molecule has 4 nitrogen and oxygen atoms in total. The molecule has 2 aromatic rings. The quantitative estimate of drug-likeness (QED) is 0.833. The molecule has 88 valence electrons. The molecule has 0 unspecified atom stereocenters. The number of aryl methyl sites for hydroxylation is 1. The molecule has 6 heteroatoms. The summed E-state index contributed by atoms with van der Waals surface area (Å²) in [5.74, 6) is 1.16. The van der Waals surface area contributed by atoms with Crippen LogP contribution >= 0.6 is 23.1 Å². The highest BCUT2D eigenvalue weighted by Gasteiger charge is 2.28. The van der Waals surface area contributed by atoms with Crippen molar-refractivity contribution in [2.24, 2.45) is 0 Å². The third-order valence-corrected chi connectivity index (χ3v) is 5.04. The number of aromatic nitrogens is 2. The minimum Gasteiger partial charge on any atom is -0.308 e. The lowest BCUT2D eigenvalue weighted by Gasteiger charge is -2.12. The molecule has 0 bridgehead atoms. The van der Waals surface area contributed by atoms with Gasteiger partial charge in [0, 0.05) is 16.1 Å². The van der Waals surface area contributed by atoms with E-state index in [9.17, 15) is 4.79 Å². The molecule has 0 spiro atoms. The molecule has 1 aliphatic rings. The Hall–Kier alpha value is -1.27. The fourth-order valence-electron chi connectivity index (χ4n) is 1.93. The van der Waals surface area contributed by atoms with Crippen LogP contribution in [-0.4, -0.2) is 21.9 Å². The van der Waals surface area contributed by atoms with E-state index in [0.29, 0.717) is 11.6 Å². The second-order valence-electron chi connectivity index (χ2n) is 3.87. The summed E-state index contributed by atoms with van der Waals surface area (Å²) < 4.78 is 0. The van der Waals surface area contributed by atoms with E-state index in [-0.39, 0.29) is 11.2 Å². The van der Waals surface area contributed by atoms with E-state index >= 15 is 0 Å². The van der Waals surface area contributed by atoms with Gasteiger partial charge in [-0.2, -0.15) is 5.10 Å². The summed E-state index contributed by atoms with van der Waals surface area (Å²) in [6.45, 7) is 1.99. The number of fused-ring (bicyclic) bond motifs is 1. The van der Waals surface area contributed by atoms with Gasteiger partial charge in [-0.1, -0.05) is 6.07 Å². The third kappa shape index (κ3) is 1.87. The number of H-pyrrole nitrogens is 1. The number of carbonyl (C=O) groups is 1. The van der Waals surface area contributed by atoms with Crippen LogP contribution in [-0.2, 0) is 4.79 Å². The largest absolute Gasteiger partial charge is 0.308 e. The lowest BCUT2D eigenvalue weighted by molar-refractivity contribution is -0.113. The van der Waals surface area contributed by atoms with E-state index in [1.165, 1.54) is 4.88 Å². The summed E-state index contributed by atoms with van der Waals surface area (Å²) in [4.78, 5) is 12.8. The van der Waals surface area contributed by atoms with Crippen LogP contribution in [0.3, 0.4) is 0 Å². The minimum absolute atomic E-state index is 0.0156. The molecule has 17 heavy (non-hydrogen) atoms. The van der Waals surface area contributed by atoms with Gasteiger partial charge in [0.1, 0.15) is 0 Å². The Labute approximate surface area is 107 Å². The van der Waals surface area contributed by atoms with Crippen molar-refractivity contribution < 1.29 is 4.79 Å². The molecule has 2 N–H and O–H groups in total. The van der Waals surface area contributed by atoms with Crippen LogP contribution in [0.4, 0.5) is 5.82 Å². The van der Waals surface area contributed by atoms with E-state index in [1.807, 2.05) is 13.0 Å². The summed E-state index contributed by atoms with van der Waals surface area (Å²) in [5.41, 5.74) is 2.12. The van der Waals surface area contributed by atoms with Crippen LogP contribution in [0.1, 0.15) is 21.4 Å². The van der Waals surface area contributed by atoms with Crippen LogP contribution in [0.5, 0.6) is 0 Å². The molecular weight excluding hydrogens is 254 g/mol. The van der Waals surface area contributed by atoms with Crippen molar-refractivity contribution in [1.82, 2.24) is 10.2 Å². The van der Waals surface area contributed by atoms with Gasteiger partial charge in [0.05, 0.1) is 11.0 Å². The zero-order chi connectivity index (χ0) is 11.8. The Balaban J connectivity index is 2.10. The Bertz CT molecular complexity index is 547. The van der Waals surface area contributed by atoms with Crippen LogP contribution in [0.15, 0.2) is 17.5 Å². The molecule has 0 saturated carbocycles. The van der Waals surface area contributed by atoms with Gasteiger partial charge in [-0.15, -0.1) is 23.1 Å². The van der Waals surface area contributed by atoms with Crippen LogP contribution in [0, 0.1) is 6.92 Å². The number of hydrogen-bond acceptors (Lipinski definition) is 4. The molecule has 1 atom stereocenters. The van der Waals surface area contributed by atoms with Crippen molar-refractivity contribution in [1.29, 1.82) is 0 Å². The van der Waals surface area contributed by atoms with Crippen molar-refractivity contribution in [3.8, 4) is 0 Å². The summed E-state index contributed by atoms with van der Waals surface area (Å²) in [7, 11) is 0. The van der Waals surface area contributed by atoms with Crippen molar-refractivity contribution in [3.63, 3.8) is 0 Å². The summed E-state index contributed by atoms with van der Waals surface area (Å²) in [5, 5.41) is 12.2. The maximum Gasteiger partial charge on any atom is 0.235 e. The fourth-order valence-corrected chi connectivity index (χ4v) is 4.10. The molecule has 0 aliphatic carbocycles. The van der Waals surface area contributed by atoms with Gasteiger partial charge in [0.25, 0.3) is 0 Å². The number of nitrogens with zero attached hydrogens (tertiary/aromatic N) is 1. The van der Waals surface area contributed by atoms with Gasteiger partial charge in [-0.05, 0) is 18.4 Å². The second-order valence-corrected chi connectivity index (χ2v) is 5.94. The molecule has 0 radical (unpaired) electrons. The van der Waals surface area contributed by atoms with E-state index in [1.54, 1.807) is 23.1 Å². The van der Waals surface area contributed by atoms with E-state index in [4.69, 9.17) is 0 Å². The Morgan fingerprint density at radius 1 is 1.53 bits per heavy atom. The maximum atomic E-state index is 11.6. The maximum absolute atomic E-state index is 11.6. The molecule has 1 amide bonds. The molecule has 0 aromatic carbocycles. The zero-order valence-corrected chi connectivity index (χ0v) is 10.8. The average molecular weight is 265 g/mol. The van der Waals surface area contributed by atoms with E-state index in [0.717, 1.165) is 11.3 Å². The molecule has 2 aromatic heterocycles. The van der Waals surface area contributed by atoms with Crippen LogP contribution in [0.25, 0.3) is 0 Å². The highest BCUT2D eigenvalue weighted by atomic mass is 32.2. The first-order valence-corrected chi connectivity index (χ1v) is 7.18. The number of rotatable bonds is 1. The smallest absolute Gasteiger partial charge is 0.235 e. The summed E-state index contributed by atoms with van der Waals surface area (Å²) in [6.07, 6.45) is 0. The SMILES string of the molecule is Cc1[nH]nc2c1[C@@H](c1cccs1)SCC(=O)N2. The molecule has 1 aliphatic heterocycles. The first kappa shape index (κ1) is 10.9. The van der Waals surface area contributed by atoms with Gasteiger partial charge in [0.15, 0.2) is 5.82 Å². The molecular formula is C11H11N3OS2. The lowest BCUT2D eigenvalue weighted by Crippen LogP contribution is -2.12. The van der Waals surface area contributed by atoms with Crippen molar-refractivity contribution in [2.45, 2.75) is 12.2 Å². The van der Waals surface area contributed by atoms with E-state index in [2.05, 4.69) is 27.0 Å². The number of anilines is 1. The van der Waals surface area contributed by atoms with E-state index < -0.39 is 0 Å². The highest BCUT2D eigenvalue weighted by Crippen LogP contribution is 2.43. The molecule has 3 heterocycles. The number of thiophene rings is 1. The summed E-state index contributed by atoms with van der Waals surface area (Å²) in [6, 6.07) is 4.14. The number of nitrogens with one attached hydrogen (secondary N) is 2. The Morgan fingerprint density at radius 2 is 2.41 bits per heavy atom. The predicted octanol–water partition coefficient (Wildman–Crippen LogP) is 2.55. The average Bonchev–Trinajstić information content (AvgIpc) is 2.90. The van der Waals surface area contributed by atoms with Crippen LogP contribution in [0.2, 0.25) is 0 Å². The van der Waals surface area contributed by atoms with Gasteiger partial charge in [-0.3, -0.25) is 9.89 Å². The Morgan fingerprint density at radius 3 is 3.18 bits per heavy atom. The first-order valence-electron chi connectivity index (χ1n) is 5.25.